The molecule has 0 saturated carbocycles. The Morgan fingerprint density at radius 2 is 1.50 bits per heavy atom. The van der Waals surface area contributed by atoms with Crippen LogP contribution in [-0.2, 0) is 16.4 Å². The molecule has 0 aliphatic carbocycles. The molecule has 2 aromatic rings. The van der Waals surface area contributed by atoms with E-state index in [0.29, 0.717) is 6.42 Å². The summed E-state index contributed by atoms with van der Waals surface area (Å²) in [6.07, 6.45) is 0.643. The van der Waals surface area contributed by atoms with Crippen LogP contribution < -0.4 is 4.72 Å². The van der Waals surface area contributed by atoms with Gasteiger partial charge in [-0.15, -0.1) is 0 Å². The molecular weight excluding hydrogens is 270 g/mol. The summed E-state index contributed by atoms with van der Waals surface area (Å²) in [5.41, 5.74) is 2.09. The van der Waals surface area contributed by atoms with E-state index in [1.807, 2.05) is 60.7 Å². The summed E-state index contributed by atoms with van der Waals surface area (Å²) in [7, 11) is -3.24. The van der Waals surface area contributed by atoms with Crippen LogP contribution in [0.5, 0.6) is 0 Å². The number of hydrogen-bond donors (Lipinski definition) is 1. The van der Waals surface area contributed by atoms with E-state index >= 15 is 0 Å². The molecule has 3 nitrogen and oxygen atoms in total. The van der Waals surface area contributed by atoms with E-state index in [4.69, 9.17) is 0 Å². The van der Waals surface area contributed by atoms with Crippen LogP contribution in [0.3, 0.4) is 0 Å². The lowest BCUT2D eigenvalue weighted by atomic mass is 10.00. The first-order valence-electron chi connectivity index (χ1n) is 6.69. The molecule has 2 rings (SSSR count). The lowest BCUT2D eigenvalue weighted by Crippen LogP contribution is -2.31. The quantitative estimate of drug-likeness (QED) is 0.888. The van der Waals surface area contributed by atoms with Gasteiger partial charge in [-0.1, -0.05) is 60.7 Å². The molecule has 4 heteroatoms. The van der Waals surface area contributed by atoms with Crippen molar-refractivity contribution < 1.29 is 8.42 Å². The Morgan fingerprint density at radius 3 is 2.05 bits per heavy atom. The summed E-state index contributed by atoms with van der Waals surface area (Å²) in [6, 6.07) is 19.3. The molecule has 0 radical (unpaired) electrons. The maximum atomic E-state index is 11.9. The summed E-state index contributed by atoms with van der Waals surface area (Å²) < 4.78 is 26.5. The van der Waals surface area contributed by atoms with E-state index in [1.165, 1.54) is 0 Å². The largest absolute Gasteiger partial charge is 0.212 e. The molecule has 1 atom stereocenters. The Kier molecular flexibility index (Phi) is 4.93. The van der Waals surface area contributed by atoms with Crippen LogP contribution in [-0.4, -0.2) is 14.2 Å². The van der Waals surface area contributed by atoms with Crippen molar-refractivity contribution >= 4 is 10.0 Å². The topological polar surface area (TPSA) is 46.2 Å². The summed E-state index contributed by atoms with van der Waals surface area (Å²) in [5.74, 6) is 0.0884. The summed E-state index contributed by atoms with van der Waals surface area (Å²) in [5, 5.41) is 0. The highest BCUT2D eigenvalue weighted by atomic mass is 32.2. The second-order valence-electron chi connectivity index (χ2n) is 4.67. The van der Waals surface area contributed by atoms with E-state index in [0.717, 1.165) is 11.1 Å². The molecule has 0 aliphatic rings. The van der Waals surface area contributed by atoms with Gasteiger partial charge >= 0.3 is 0 Å². The van der Waals surface area contributed by atoms with Crippen molar-refractivity contribution in [2.75, 3.05) is 5.75 Å². The fourth-order valence-electron chi connectivity index (χ4n) is 2.06. The molecule has 0 aliphatic heterocycles. The smallest absolute Gasteiger partial charge is 0.211 e. The Hall–Kier alpha value is -1.65. The fraction of sp³-hybridized carbons (Fsp3) is 0.250. The lowest BCUT2D eigenvalue weighted by molar-refractivity contribution is 0.556. The van der Waals surface area contributed by atoms with E-state index in [1.54, 1.807) is 6.92 Å². The number of benzene rings is 2. The normalized spacial score (nSPS) is 13.1. The van der Waals surface area contributed by atoms with Crippen molar-refractivity contribution in [3.8, 4) is 0 Å². The van der Waals surface area contributed by atoms with Gasteiger partial charge in [0.05, 0.1) is 11.8 Å². The average molecular weight is 289 g/mol. The van der Waals surface area contributed by atoms with Crippen molar-refractivity contribution in [3.63, 3.8) is 0 Å². The zero-order valence-electron chi connectivity index (χ0n) is 11.5. The first kappa shape index (κ1) is 14.8. The predicted octanol–water partition coefficient (Wildman–Crippen LogP) is 2.91. The number of rotatable bonds is 6. The molecule has 0 spiro atoms. The van der Waals surface area contributed by atoms with Crippen molar-refractivity contribution in [2.45, 2.75) is 19.4 Å². The molecular formula is C16H19NO2S. The van der Waals surface area contributed by atoms with Crippen molar-refractivity contribution in [3.05, 3.63) is 71.8 Å². The second kappa shape index (κ2) is 6.68. The summed E-state index contributed by atoms with van der Waals surface area (Å²) in [4.78, 5) is 0. The third kappa shape index (κ3) is 4.18. The van der Waals surface area contributed by atoms with Gasteiger partial charge < -0.3 is 0 Å². The molecule has 0 saturated heterocycles. The van der Waals surface area contributed by atoms with Gasteiger partial charge in [-0.2, -0.15) is 0 Å². The Balaban J connectivity index is 2.25. The van der Waals surface area contributed by atoms with Crippen LogP contribution in [0, 0.1) is 0 Å². The Morgan fingerprint density at radius 1 is 0.950 bits per heavy atom. The molecule has 0 unspecified atom stereocenters. The molecule has 0 amide bonds. The monoisotopic (exact) mass is 289 g/mol. The standard InChI is InChI=1S/C16H19NO2S/c1-2-20(18,19)17-16(15-11-7-4-8-12-15)13-14-9-5-3-6-10-14/h3-12,16-17H,2,13H2,1H3/t16-/m0/s1. The zero-order chi connectivity index (χ0) is 14.4. The second-order valence-corrected chi connectivity index (χ2v) is 6.72. The first-order chi connectivity index (χ1) is 9.61. The maximum absolute atomic E-state index is 11.9. The maximum Gasteiger partial charge on any atom is 0.211 e. The summed E-state index contributed by atoms with van der Waals surface area (Å²) in [6.45, 7) is 1.65. The lowest BCUT2D eigenvalue weighted by Gasteiger charge is -2.19. The third-order valence-electron chi connectivity index (χ3n) is 3.19. The SMILES string of the molecule is CCS(=O)(=O)N[C@@H](Cc1ccccc1)c1ccccc1. The van der Waals surface area contributed by atoms with E-state index in [2.05, 4.69) is 4.72 Å². The summed E-state index contributed by atoms with van der Waals surface area (Å²) >= 11 is 0. The minimum absolute atomic E-state index is 0.0884. The van der Waals surface area contributed by atoms with Gasteiger partial charge in [0.2, 0.25) is 10.0 Å². The predicted molar refractivity (Wildman–Crippen MR) is 81.9 cm³/mol. The molecule has 2 aromatic carbocycles. The minimum Gasteiger partial charge on any atom is -0.212 e. The Bertz CT molecular complexity index is 624. The van der Waals surface area contributed by atoms with Gasteiger partial charge in [-0.05, 0) is 24.5 Å². The van der Waals surface area contributed by atoms with Crippen molar-refractivity contribution in [1.29, 1.82) is 0 Å². The highest BCUT2D eigenvalue weighted by Crippen LogP contribution is 2.19. The number of nitrogens with one attached hydrogen (secondary N) is 1. The van der Waals surface area contributed by atoms with Gasteiger partial charge in [0.15, 0.2) is 0 Å². The molecule has 1 N–H and O–H groups in total. The first-order valence-corrected chi connectivity index (χ1v) is 8.35. The molecule has 106 valence electrons. The zero-order valence-corrected chi connectivity index (χ0v) is 12.3. The van der Waals surface area contributed by atoms with E-state index in [-0.39, 0.29) is 11.8 Å². The number of hydrogen-bond acceptors (Lipinski definition) is 2. The molecule has 0 bridgehead atoms. The van der Waals surface area contributed by atoms with Crippen LogP contribution >= 0.6 is 0 Å². The highest BCUT2D eigenvalue weighted by molar-refractivity contribution is 7.89. The number of sulfonamides is 1. The third-order valence-corrected chi connectivity index (χ3v) is 4.59. The average Bonchev–Trinajstić information content (AvgIpc) is 2.48. The molecule has 20 heavy (non-hydrogen) atoms. The molecule has 0 heterocycles. The molecule has 0 aromatic heterocycles. The van der Waals surface area contributed by atoms with Crippen molar-refractivity contribution in [2.24, 2.45) is 0 Å². The van der Waals surface area contributed by atoms with Crippen LogP contribution in [0.4, 0.5) is 0 Å². The van der Waals surface area contributed by atoms with Crippen LogP contribution in [0.25, 0.3) is 0 Å². The Labute approximate surface area is 120 Å². The fourth-order valence-corrected chi connectivity index (χ4v) is 2.88. The van der Waals surface area contributed by atoms with Crippen LogP contribution in [0.1, 0.15) is 24.1 Å². The van der Waals surface area contributed by atoms with Crippen molar-refractivity contribution in [1.82, 2.24) is 4.72 Å². The van der Waals surface area contributed by atoms with Crippen LogP contribution in [0.2, 0.25) is 0 Å². The van der Waals surface area contributed by atoms with Gasteiger partial charge in [0.1, 0.15) is 0 Å². The minimum atomic E-state index is -3.24. The van der Waals surface area contributed by atoms with E-state index in [9.17, 15) is 8.42 Å². The van der Waals surface area contributed by atoms with Gasteiger partial charge in [-0.25, -0.2) is 13.1 Å². The van der Waals surface area contributed by atoms with E-state index < -0.39 is 10.0 Å². The van der Waals surface area contributed by atoms with Gasteiger partial charge in [0.25, 0.3) is 0 Å². The highest BCUT2D eigenvalue weighted by Gasteiger charge is 2.18. The van der Waals surface area contributed by atoms with Gasteiger partial charge in [0, 0.05) is 0 Å². The van der Waals surface area contributed by atoms with Gasteiger partial charge in [-0.3, -0.25) is 0 Å². The molecule has 0 fully saturated rings. The van der Waals surface area contributed by atoms with Crippen LogP contribution in [0.15, 0.2) is 60.7 Å².